The molecule has 0 nitrogen and oxygen atoms in total. The molecule has 0 aliphatic rings. The van der Waals surface area contributed by atoms with Gasteiger partial charge in [0.05, 0.1) is 0 Å². The van der Waals surface area contributed by atoms with E-state index in [1.165, 1.54) is 0 Å². The molecular formula is C8H12S. The first-order chi connectivity index (χ1) is 4.41. The topological polar surface area (TPSA) is 0 Å². The van der Waals surface area contributed by atoms with Gasteiger partial charge in [0.15, 0.2) is 0 Å². The second-order valence-electron chi connectivity index (χ2n) is 1.40. The van der Waals surface area contributed by atoms with E-state index in [4.69, 9.17) is 0 Å². The number of rotatable bonds is 4. The molecule has 0 atom stereocenters. The highest BCUT2D eigenvalue weighted by Gasteiger charge is 1.67. The smallest absolute Gasteiger partial charge is 0.00544 e. The maximum atomic E-state index is 3.55. The number of hydrogen-bond acceptors (Lipinski definition) is 1. The molecule has 0 heterocycles. The molecule has 0 N–H and O–H groups in total. The first kappa shape index (κ1) is 8.57. The van der Waals surface area contributed by atoms with Crippen molar-refractivity contribution in [3.05, 3.63) is 36.3 Å². The highest BCUT2D eigenvalue weighted by Crippen LogP contribution is 1.99. The first-order valence-corrected chi connectivity index (χ1v) is 4.02. The van der Waals surface area contributed by atoms with E-state index < -0.39 is 0 Å². The van der Waals surface area contributed by atoms with Crippen LogP contribution in [0.5, 0.6) is 0 Å². The third kappa shape index (κ3) is 7.57. The minimum absolute atomic E-state index is 1.14. The fourth-order valence-electron chi connectivity index (χ4n) is 0.340. The molecule has 0 aromatic heterocycles. The Balaban J connectivity index is 3.23. The maximum absolute atomic E-state index is 3.55. The molecule has 0 saturated carbocycles. The molecule has 0 spiro atoms. The summed E-state index contributed by atoms with van der Waals surface area (Å²) in [6.45, 7) is 5.68. The molecule has 50 valence electrons. The Labute approximate surface area is 61.3 Å². The zero-order valence-electron chi connectivity index (χ0n) is 5.71. The summed E-state index contributed by atoms with van der Waals surface area (Å²) in [6.07, 6.45) is 7.65. The molecule has 0 aliphatic carbocycles. The summed E-state index contributed by atoms with van der Waals surface area (Å²) in [5, 5.41) is 2.07. The average molecular weight is 140 g/mol. The number of allylic oxidation sites excluding steroid dienone is 4. The lowest BCUT2D eigenvalue weighted by molar-refractivity contribution is 1.54. The molecule has 0 aromatic rings. The minimum Gasteiger partial charge on any atom is -0.134 e. The normalized spacial score (nSPS) is 11.2. The predicted molar refractivity (Wildman–Crippen MR) is 46.6 cm³/mol. The fraction of sp³-hybridized carbons (Fsp3) is 0.250. The Kier molecular flexibility index (Phi) is 7.21. The van der Waals surface area contributed by atoms with Crippen LogP contribution in [-0.4, -0.2) is 5.75 Å². The summed E-state index contributed by atoms with van der Waals surface area (Å²) >= 11 is 1.79. The van der Waals surface area contributed by atoms with Crippen LogP contribution in [0.15, 0.2) is 36.3 Å². The molecule has 0 rings (SSSR count). The van der Waals surface area contributed by atoms with E-state index >= 15 is 0 Å². The molecule has 0 aromatic carbocycles. The van der Waals surface area contributed by atoms with Gasteiger partial charge < -0.3 is 0 Å². The van der Waals surface area contributed by atoms with Crippen molar-refractivity contribution >= 4 is 11.8 Å². The second-order valence-corrected chi connectivity index (χ2v) is 2.59. The second kappa shape index (κ2) is 7.57. The van der Waals surface area contributed by atoms with Crippen LogP contribution in [0.3, 0.4) is 0 Å². The average Bonchev–Trinajstić information content (AvgIpc) is 1.89. The number of hydrogen-bond donors (Lipinski definition) is 0. The molecule has 0 bridgehead atoms. The largest absolute Gasteiger partial charge is 0.134 e. The van der Waals surface area contributed by atoms with Gasteiger partial charge >= 0.3 is 0 Å². The van der Waals surface area contributed by atoms with Gasteiger partial charge in [-0.15, -0.1) is 11.8 Å². The zero-order valence-corrected chi connectivity index (χ0v) is 6.53. The van der Waals surface area contributed by atoms with Crippen LogP contribution < -0.4 is 0 Å². The number of thioether (sulfide) groups is 1. The van der Waals surface area contributed by atoms with Crippen LogP contribution in [0, 0.1) is 0 Å². The summed E-state index contributed by atoms with van der Waals surface area (Å²) in [5.74, 6) is 1.14. The van der Waals surface area contributed by atoms with Gasteiger partial charge in [0.25, 0.3) is 0 Å². The van der Waals surface area contributed by atoms with Crippen molar-refractivity contribution in [2.24, 2.45) is 0 Å². The van der Waals surface area contributed by atoms with E-state index in [0.717, 1.165) is 5.75 Å². The van der Waals surface area contributed by atoms with Crippen LogP contribution in [0.25, 0.3) is 0 Å². The minimum atomic E-state index is 1.14. The Morgan fingerprint density at radius 2 is 2.11 bits per heavy atom. The molecule has 0 saturated heterocycles. The molecule has 9 heavy (non-hydrogen) atoms. The SMILES string of the molecule is C=C/C=C\C=C\SCC. The van der Waals surface area contributed by atoms with Gasteiger partial charge in [0, 0.05) is 0 Å². The van der Waals surface area contributed by atoms with Crippen LogP contribution in [0.1, 0.15) is 6.92 Å². The quantitative estimate of drug-likeness (QED) is 0.541. The lowest BCUT2D eigenvalue weighted by Gasteiger charge is -1.79. The van der Waals surface area contributed by atoms with E-state index in [-0.39, 0.29) is 0 Å². The van der Waals surface area contributed by atoms with Gasteiger partial charge in [-0.05, 0) is 11.2 Å². The van der Waals surface area contributed by atoms with Crippen LogP contribution in [-0.2, 0) is 0 Å². The molecule has 0 amide bonds. The van der Waals surface area contributed by atoms with Crippen LogP contribution >= 0.6 is 11.8 Å². The van der Waals surface area contributed by atoms with E-state index in [0.29, 0.717) is 0 Å². The predicted octanol–water partition coefficient (Wildman–Crippen LogP) is 3.00. The highest BCUT2D eigenvalue weighted by molar-refractivity contribution is 8.02. The molecule has 0 fully saturated rings. The van der Waals surface area contributed by atoms with E-state index in [9.17, 15) is 0 Å². The summed E-state index contributed by atoms with van der Waals surface area (Å²) in [6, 6.07) is 0. The molecule has 0 aliphatic heterocycles. The first-order valence-electron chi connectivity index (χ1n) is 2.97. The lowest BCUT2D eigenvalue weighted by atomic mass is 10.5. The van der Waals surface area contributed by atoms with Crippen molar-refractivity contribution < 1.29 is 0 Å². The van der Waals surface area contributed by atoms with Gasteiger partial charge in [0.2, 0.25) is 0 Å². The van der Waals surface area contributed by atoms with E-state index in [2.05, 4.69) is 18.9 Å². The Morgan fingerprint density at radius 1 is 1.33 bits per heavy atom. The molecule has 0 radical (unpaired) electrons. The van der Waals surface area contributed by atoms with Crippen molar-refractivity contribution in [1.82, 2.24) is 0 Å². The van der Waals surface area contributed by atoms with E-state index in [1.54, 1.807) is 17.8 Å². The standard InChI is InChI=1S/C8H12S/c1-3-5-6-7-8-9-4-2/h3,5-8H,1,4H2,2H3/b6-5-,8-7+. The summed E-state index contributed by atoms with van der Waals surface area (Å²) in [5.41, 5.74) is 0. The van der Waals surface area contributed by atoms with Crippen LogP contribution in [0.2, 0.25) is 0 Å². The lowest BCUT2D eigenvalue weighted by Crippen LogP contribution is -1.55. The summed E-state index contributed by atoms with van der Waals surface area (Å²) in [4.78, 5) is 0. The van der Waals surface area contributed by atoms with Gasteiger partial charge in [-0.2, -0.15) is 0 Å². The van der Waals surface area contributed by atoms with Gasteiger partial charge in [0.1, 0.15) is 0 Å². The monoisotopic (exact) mass is 140 g/mol. The van der Waals surface area contributed by atoms with Crippen molar-refractivity contribution in [3.8, 4) is 0 Å². The van der Waals surface area contributed by atoms with Gasteiger partial charge in [-0.25, -0.2) is 0 Å². The zero-order chi connectivity index (χ0) is 6.95. The third-order valence-corrected chi connectivity index (χ3v) is 1.38. The summed E-state index contributed by atoms with van der Waals surface area (Å²) in [7, 11) is 0. The third-order valence-electron chi connectivity index (χ3n) is 0.700. The highest BCUT2D eigenvalue weighted by atomic mass is 32.2. The molecular weight excluding hydrogens is 128 g/mol. The van der Waals surface area contributed by atoms with Crippen molar-refractivity contribution in [2.45, 2.75) is 6.92 Å². The molecule has 0 unspecified atom stereocenters. The van der Waals surface area contributed by atoms with Crippen molar-refractivity contribution in [3.63, 3.8) is 0 Å². The van der Waals surface area contributed by atoms with Crippen molar-refractivity contribution in [2.75, 3.05) is 5.75 Å². The van der Waals surface area contributed by atoms with Crippen LogP contribution in [0.4, 0.5) is 0 Å². The maximum Gasteiger partial charge on any atom is -0.00544 e. The van der Waals surface area contributed by atoms with Crippen molar-refractivity contribution in [1.29, 1.82) is 0 Å². The fourth-order valence-corrected chi connectivity index (χ4v) is 0.734. The van der Waals surface area contributed by atoms with Gasteiger partial charge in [-0.1, -0.05) is 37.8 Å². The Morgan fingerprint density at radius 3 is 2.67 bits per heavy atom. The Bertz CT molecular complexity index is 112. The van der Waals surface area contributed by atoms with E-state index in [1.807, 2.05) is 18.2 Å². The summed E-state index contributed by atoms with van der Waals surface area (Å²) < 4.78 is 0. The Hall–Kier alpha value is -0.430. The van der Waals surface area contributed by atoms with Gasteiger partial charge in [-0.3, -0.25) is 0 Å². The molecule has 1 heteroatoms.